The predicted octanol–water partition coefficient (Wildman–Crippen LogP) is 4.72. The number of ether oxygens (including phenoxy) is 2. The second-order valence-corrected chi connectivity index (χ2v) is 7.44. The first-order chi connectivity index (χ1) is 15.6. The van der Waals surface area contributed by atoms with Gasteiger partial charge in [0.05, 0.1) is 36.6 Å². The zero-order valence-electron chi connectivity index (χ0n) is 17.6. The summed E-state index contributed by atoms with van der Waals surface area (Å²) in [5.41, 5.74) is 3.67. The van der Waals surface area contributed by atoms with Crippen molar-refractivity contribution in [2.45, 2.75) is 0 Å². The number of rotatable bonds is 4. The maximum atomic E-state index is 13.0. The lowest BCUT2D eigenvalue weighted by Gasteiger charge is -2.11. The van der Waals surface area contributed by atoms with Crippen LogP contribution in [-0.2, 0) is 0 Å². The van der Waals surface area contributed by atoms with Gasteiger partial charge in [-0.3, -0.25) is 9.59 Å². The van der Waals surface area contributed by atoms with Crippen LogP contribution < -0.4 is 20.3 Å². The van der Waals surface area contributed by atoms with Crippen LogP contribution in [0.15, 0.2) is 82.4 Å². The molecule has 158 valence electrons. The molecule has 32 heavy (non-hydrogen) atoms. The van der Waals surface area contributed by atoms with Crippen LogP contribution in [0.2, 0.25) is 0 Å². The molecule has 0 aliphatic rings. The molecule has 0 aliphatic heterocycles. The van der Waals surface area contributed by atoms with Gasteiger partial charge in [0, 0.05) is 34.0 Å². The van der Waals surface area contributed by atoms with E-state index in [-0.39, 0.29) is 10.9 Å². The number of para-hydroxylation sites is 2. The summed E-state index contributed by atoms with van der Waals surface area (Å²) in [7, 11) is 3.18. The molecule has 0 saturated heterocycles. The van der Waals surface area contributed by atoms with Crippen LogP contribution in [0.1, 0.15) is 0 Å². The maximum Gasteiger partial charge on any atom is 0.190 e. The molecule has 0 unspecified atom stereocenters. The molecule has 6 nitrogen and oxygen atoms in total. The van der Waals surface area contributed by atoms with Crippen LogP contribution in [0.4, 0.5) is 0 Å². The first-order valence-corrected chi connectivity index (χ1v) is 10.1. The summed E-state index contributed by atoms with van der Waals surface area (Å²) in [6, 6.07) is 21.5. The summed E-state index contributed by atoms with van der Waals surface area (Å²) in [5.74, 6) is 1.31. The molecule has 3 aromatic carbocycles. The highest BCUT2D eigenvalue weighted by atomic mass is 16.5. The third-order valence-electron chi connectivity index (χ3n) is 5.57. The molecule has 2 heterocycles. The van der Waals surface area contributed by atoms with Crippen LogP contribution in [-0.4, -0.2) is 24.2 Å². The second-order valence-electron chi connectivity index (χ2n) is 7.44. The van der Waals surface area contributed by atoms with Crippen LogP contribution in [0.5, 0.6) is 11.5 Å². The number of benzene rings is 3. The lowest BCUT2D eigenvalue weighted by atomic mass is 10.0. The third-order valence-corrected chi connectivity index (χ3v) is 5.57. The Morgan fingerprint density at radius 3 is 1.41 bits per heavy atom. The van der Waals surface area contributed by atoms with E-state index in [0.29, 0.717) is 44.7 Å². The maximum absolute atomic E-state index is 13.0. The number of nitrogens with one attached hydrogen (secondary N) is 2. The van der Waals surface area contributed by atoms with Crippen LogP contribution in [0, 0.1) is 0 Å². The molecule has 0 radical (unpaired) electrons. The molecular formula is C26H20N2O4. The van der Waals surface area contributed by atoms with Gasteiger partial charge in [0.25, 0.3) is 0 Å². The molecule has 0 bridgehead atoms. The number of hydrogen-bond acceptors (Lipinski definition) is 4. The predicted molar refractivity (Wildman–Crippen MR) is 127 cm³/mol. The van der Waals surface area contributed by atoms with Crippen LogP contribution >= 0.6 is 0 Å². The van der Waals surface area contributed by atoms with E-state index in [1.54, 1.807) is 38.5 Å². The first-order valence-electron chi connectivity index (χ1n) is 10.1. The molecule has 5 rings (SSSR count). The zero-order valence-corrected chi connectivity index (χ0v) is 17.6. The van der Waals surface area contributed by atoms with E-state index in [4.69, 9.17) is 9.47 Å². The summed E-state index contributed by atoms with van der Waals surface area (Å²) in [6.07, 6.45) is 0. The lowest BCUT2D eigenvalue weighted by molar-refractivity contribution is 0.416. The number of aromatic amines is 2. The van der Waals surface area contributed by atoms with Gasteiger partial charge in [0.15, 0.2) is 10.9 Å². The Labute approximate surface area is 183 Å². The third kappa shape index (κ3) is 3.22. The molecule has 2 N–H and O–H groups in total. The molecule has 6 heteroatoms. The van der Waals surface area contributed by atoms with Gasteiger partial charge >= 0.3 is 0 Å². The van der Waals surface area contributed by atoms with E-state index in [1.807, 2.05) is 48.5 Å². The standard InChI is InChI=1S/C26H20N2O4/c1-31-25-9-5-3-7-15(25)21-13-23(29)17-12-20-18(11-19(17)27-21)24(30)14-22(28-20)16-8-4-6-10-26(16)32-2/h3-14H,1-2H3,(H,27,29)(H,28,30). The smallest absolute Gasteiger partial charge is 0.190 e. The monoisotopic (exact) mass is 424 g/mol. The quantitative estimate of drug-likeness (QED) is 0.409. The van der Waals surface area contributed by atoms with Crippen molar-refractivity contribution in [3.05, 3.63) is 93.2 Å². The van der Waals surface area contributed by atoms with Crippen molar-refractivity contribution in [1.82, 2.24) is 9.97 Å². The van der Waals surface area contributed by atoms with Gasteiger partial charge in [-0.1, -0.05) is 24.3 Å². The first kappa shape index (κ1) is 19.6. The van der Waals surface area contributed by atoms with Crippen molar-refractivity contribution < 1.29 is 9.47 Å². The van der Waals surface area contributed by atoms with Crippen molar-refractivity contribution in [3.63, 3.8) is 0 Å². The topological polar surface area (TPSA) is 84.2 Å². The number of fused-ring (bicyclic) bond motifs is 2. The normalized spacial score (nSPS) is 11.1. The van der Waals surface area contributed by atoms with Crippen molar-refractivity contribution in [1.29, 1.82) is 0 Å². The molecular weight excluding hydrogens is 404 g/mol. The Balaban J connectivity index is 1.74. The second kappa shape index (κ2) is 7.74. The van der Waals surface area contributed by atoms with Crippen molar-refractivity contribution in [3.8, 4) is 34.0 Å². The van der Waals surface area contributed by atoms with E-state index in [0.717, 1.165) is 11.1 Å². The molecule has 2 aromatic heterocycles. The number of pyridine rings is 2. The Hall–Kier alpha value is -4.32. The molecule has 5 aromatic rings. The Kier molecular flexibility index (Phi) is 4.75. The Morgan fingerprint density at radius 1 is 0.594 bits per heavy atom. The molecule has 0 saturated carbocycles. The Morgan fingerprint density at radius 2 is 1.00 bits per heavy atom. The molecule has 0 fully saturated rings. The fourth-order valence-electron chi connectivity index (χ4n) is 4.02. The molecule has 0 aliphatic carbocycles. The number of aromatic nitrogens is 2. The molecule has 0 amide bonds. The van der Waals surface area contributed by atoms with Crippen LogP contribution in [0.3, 0.4) is 0 Å². The van der Waals surface area contributed by atoms with Gasteiger partial charge in [-0.25, -0.2) is 0 Å². The summed E-state index contributed by atoms with van der Waals surface area (Å²) in [4.78, 5) is 32.5. The fraction of sp³-hybridized carbons (Fsp3) is 0.0769. The van der Waals surface area contributed by atoms with Gasteiger partial charge in [0.2, 0.25) is 0 Å². The minimum atomic E-state index is -0.148. The van der Waals surface area contributed by atoms with Gasteiger partial charge < -0.3 is 19.4 Å². The molecule has 0 spiro atoms. The van der Waals surface area contributed by atoms with E-state index < -0.39 is 0 Å². The van der Waals surface area contributed by atoms with E-state index in [2.05, 4.69) is 9.97 Å². The fourth-order valence-corrected chi connectivity index (χ4v) is 4.02. The Bertz CT molecular complexity index is 1480. The number of H-pyrrole nitrogens is 2. The zero-order chi connectivity index (χ0) is 22.2. The highest BCUT2D eigenvalue weighted by molar-refractivity contribution is 5.96. The average Bonchev–Trinajstić information content (AvgIpc) is 2.83. The summed E-state index contributed by atoms with van der Waals surface area (Å²) in [5, 5.41) is 0.980. The number of hydrogen-bond donors (Lipinski definition) is 2. The van der Waals surface area contributed by atoms with Crippen molar-refractivity contribution in [2.24, 2.45) is 0 Å². The van der Waals surface area contributed by atoms with E-state index in [9.17, 15) is 9.59 Å². The van der Waals surface area contributed by atoms with Gasteiger partial charge in [0.1, 0.15) is 11.5 Å². The molecule has 0 atom stereocenters. The van der Waals surface area contributed by atoms with Crippen molar-refractivity contribution >= 4 is 21.8 Å². The largest absolute Gasteiger partial charge is 0.496 e. The van der Waals surface area contributed by atoms with Gasteiger partial charge in [-0.15, -0.1) is 0 Å². The van der Waals surface area contributed by atoms with E-state index in [1.165, 1.54) is 0 Å². The average molecular weight is 424 g/mol. The number of methoxy groups -OCH3 is 2. The highest BCUT2D eigenvalue weighted by Crippen LogP contribution is 2.30. The summed E-state index contributed by atoms with van der Waals surface area (Å²) in [6.45, 7) is 0. The highest BCUT2D eigenvalue weighted by Gasteiger charge is 2.13. The minimum absolute atomic E-state index is 0.148. The summed E-state index contributed by atoms with van der Waals surface area (Å²) >= 11 is 0. The van der Waals surface area contributed by atoms with E-state index >= 15 is 0 Å². The summed E-state index contributed by atoms with van der Waals surface area (Å²) < 4.78 is 10.9. The van der Waals surface area contributed by atoms with Gasteiger partial charge in [-0.05, 0) is 36.4 Å². The van der Waals surface area contributed by atoms with Gasteiger partial charge in [-0.2, -0.15) is 0 Å². The van der Waals surface area contributed by atoms with Crippen LogP contribution in [0.25, 0.3) is 44.3 Å². The minimum Gasteiger partial charge on any atom is -0.496 e. The lowest BCUT2D eigenvalue weighted by Crippen LogP contribution is -2.07. The van der Waals surface area contributed by atoms with Crippen molar-refractivity contribution in [2.75, 3.05) is 14.2 Å². The SMILES string of the molecule is COc1ccccc1-c1cc(=O)c2cc3[nH]c(-c4ccccc4OC)cc(=O)c3cc2[nH]1.